The number of hydrogen-bond acceptors (Lipinski definition) is 11. The summed E-state index contributed by atoms with van der Waals surface area (Å²) in [4.78, 5) is 25.2. The van der Waals surface area contributed by atoms with Crippen LogP contribution in [0, 0.1) is 0 Å². The highest BCUT2D eigenvalue weighted by molar-refractivity contribution is 7.85. The molecule has 1 aliphatic rings. The number of unbranched alkanes of at least 4 members (excludes halogenated alkanes) is 11. The van der Waals surface area contributed by atoms with Crippen molar-refractivity contribution in [3.63, 3.8) is 0 Å². The van der Waals surface area contributed by atoms with E-state index >= 15 is 0 Å². The monoisotopic (exact) mass is 772 g/mol. The Balaban J connectivity index is 2.54. The minimum absolute atomic E-state index is 0.155. The van der Waals surface area contributed by atoms with Gasteiger partial charge in [0.05, 0.1) is 6.61 Å². The van der Waals surface area contributed by atoms with Crippen LogP contribution >= 0.6 is 0 Å². The number of rotatable bonds is 31. The lowest BCUT2D eigenvalue weighted by Gasteiger charge is -2.40. The first kappa shape index (κ1) is 48.6. The molecule has 0 bridgehead atoms. The maximum absolute atomic E-state index is 12.7. The van der Waals surface area contributed by atoms with Gasteiger partial charge in [0, 0.05) is 12.8 Å². The lowest BCUT2D eigenvalue weighted by atomic mass is 10.00. The fourth-order valence-corrected chi connectivity index (χ4v) is 6.30. The van der Waals surface area contributed by atoms with Gasteiger partial charge < -0.3 is 34.3 Å². The van der Waals surface area contributed by atoms with Crippen LogP contribution in [0.3, 0.4) is 0 Å². The predicted octanol–water partition coefficient (Wildman–Crippen LogP) is 6.83. The van der Waals surface area contributed by atoms with E-state index < -0.39 is 71.2 Å². The van der Waals surface area contributed by atoms with Crippen molar-refractivity contribution >= 4 is 22.1 Å². The van der Waals surface area contributed by atoms with Crippen molar-refractivity contribution in [3.05, 3.63) is 48.6 Å². The highest BCUT2D eigenvalue weighted by atomic mass is 32.2. The molecule has 6 atom stereocenters. The first-order chi connectivity index (χ1) is 25.5. The zero-order valence-corrected chi connectivity index (χ0v) is 32.9. The van der Waals surface area contributed by atoms with Gasteiger partial charge in [0.25, 0.3) is 10.1 Å². The average molecular weight is 773 g/mol. The van der Waals surface area contributed by atoms with E-state index in [9.17, 15) is 37.9 Å². The van der Waals surface area contributed by atoms with Gasteiger partial charge in [-0.05, 0) is 51.4 Å². The fourth-order valence-electron chi connectivity index (χ4n) is 5.61. The first-order valence-electron chi connectivity index (χ1n) is 19.7. The zero-order chi connectivity index (χ0) is 39.2. The summed E-state index contributed by atoms with van der Waals surface area (Å²) in [5.41, 5.74) is 0. The normalized spacial score (nSPS) is 21.7. The first-order valence-corrected chi connectivity index (χ1v) is 21.3. The molecule has 0 aromatic carbocycles. The van der Waals surface area contributed by atoms with Gasteiger partial charge in [0.2, 0.25) is 0 Å². The Morgan fingerprint density at radius 2 is 1.19 bits per heavy atom. The van der Waals surface area contributed by atoms with Gasteiger partial charge in [-0.1, -0.05) is 120 Å². The summed E-state index contributed by atoms with van der Waals surface area (Å²) in [6, 6.07) is 0. The summed E-state index contributed by atoms with van der Waals surface area (Å²) < 4.78 is 53.8. The molecule has 53 heavy (non-hydrogen) atoms. The molecule has 0 aliphatic carbocycles. The van der Waals surface area contributed by atoms with Gasteiger partial charge in [-0.15, -0.1) is 0 Å². The van der Waals surface area contributed by atoms with Crippen LogP contribution in [-0.4, -0.2) is 96.0 Å². The van der Waals surface area contributed by atoms with Gasteiger partial charge in [0.1, 0.15) is 36.8 Å². The summed E-state index contributed by atoms with van der Waals surface area (Å²) in [7, 11) is -4.60. The van der Waals surface area contributed by atoms with E-state index in [2.05, 4.69) is 62.5 Å². The number of aliphatic hydroxyl groups is 3. The van der Waals surface area contributed by atoms with Crippen LogP contribution in [0.25, 0.3) is 0 Å². The minimum atomic E-state index is -4.60. The SMILES string of the molecule is CC/C=C/C/C=C/C/C=C/C/C=C/CCCCC(=O)OC[C@H](CO[C@H]1O[C@H](CS(=O)(=O)O)[C@@H](O)C(O)C1O)OC(=O)CCCCCCCCCCCC. The molecule has 0 amide bonds. The second-order valence-corrected chi connectivity index (χ2v) is 15.1. The Morgan fingerprint density at radius 1 is 0.660 bits per heavy atom. The Labute approximate surface area is 318 Å². The maximum atomic E-state index is 12.7. The Hall–Kier alpha value is -2.39. The van der Waals surface area contributed by atoms with Gasteiger partial charge in [-0.2, -0.15) is 8.42 Å². The molecule has 1 heterocycles. The molecule has 0 spiro atoms. The molecular weight excluding hydrogens is 704 g/mol. The summed E-state index contributed by atoms with van der Waals surface area (Å²) in [5.74, 6) is -2.04. The fraction of sp³-hybridized carbons (Fsp3) is 0.750. The highest BCUT2D eigenvalue weighted by Crippen LogP contribution is 2.24. The van der Waals surface area contributed by atoms with Crippen molar-refractivity contribution in [2.45, 2.75) is 173 Å². The molecule has 2 unspecified atom stereocenters. The molecular formula is C40H68O12S. The third kappa shape index (κ3) is 26.1. The summed E-state index contributed by atoms with van der Waals surface area (Å²) >= 11 is 0. The molecule has 0 aromatic rings. The number of ether oxygens (including phenoxy) is 4. The second kappa shape index (κ2) is 30.9. The number of hydrogen-bond donors (Lipinski definition) is 4. The number of carbonyl (C=O) groups is 2. The van der Waals surface area contributed by atoms with E-state index in [0.717, 1.165) is 57.8 Å². The van der Waals surface area contributed by atoms with Crippen molar-refractivity contribution in [2.75, 3.05) is 19.0 Å². The molecule has 4 N–H and O–H groups in total. The van der Waals surface area contributed by atoms with Gasteiger partial charge in [-0.3, -0.25) is 14.1 Å². The van der Waals surface area contributed by atoms with Crippen molar-refractivity contribution in [1.29, 1.82) is 0 Å². The van der Waals surface area contributed by atoms with E-state index in [-0.39, 0.29) is 19.4 Å². The van der Waals surface area contributed by atoms with E-state index in [1.807, 2.05) is 0 Å². The van der Waals surface area contributed by atoms with Gasteiger partial charge in [0.15, 0.2) is 12.4 Å². The maximum Gasteiger partial charge on any atom is 0.306 e. The van der Waals surface area contributed by atoms with Crippen LogP contribution in [0.1, 0.15) is 136 Å². The molecule has 0 aromatic heterocycles. The Bertz CT molecular complexity index is 1180. The van der Waals surface area contributed by atoms with Crippen molar-refractivity contribution < 1.29 is 56.8 Å². The highest BCUT2D eigenvalue weighted by Gasteiger charge is 2.46. The Kier molecular flexibility index (Phi) is 28.3. The third-order valence-electron chi connectivity index (χ3n) is 8.67. The number of aliphatic hydroxyl groups excluding tert-OH is 3. The quantitative estimate of drug-likeness (QED) is 0.0250. The van der Waals surface area contributed by atoms with Crippen LogP contribution in [0.15, 0.2) is 48.6 Å². The number of allylic oxidation sites excluding steroid dienone is 8. The van der Waals surface area contributed by atoms with Gasteiger partial charge in [-0.25, -0.2) is 0 Å². The molecule has 306 valence electrons. The lowest BCUT2D eigenvalue weighted by Crippen LogP contribution is -2.60. The third-order valence-corrected chi connectivity index (χ3v) is 9.42. The largest absolute Gasteiger partial charge is 0.462 e. The van der Waals surface area contributed by atoms with Crippen LogP contribution in [0.2, 0.25) is 0 Å². The van der Waals surface area contributed by atoms with Crippen LogP contribution in [0.4, 0.5) is 0 Å². The molecule has 1 rings (SSSR count). The second-order valence-electron chi connectivity index (χ2n) is 13.6. The standard InChI is InChI=1S/C40H68O12S/c1-3-5-7-9-11-13-15-16-17-18-19-21-22-24-26-28-35(41)49-30-33(51-36(42)29-27-25-23-20-14-12-10-8-6-4-2)31-50-40-39(45)38(44)37(43)34(52-40)32-53(46,47)48/h5,7,11,13,16-17,19,21,33-34,37-40,43-45H,3-4,6,8-10,12,14-15,18,20,22-32H2,1-2H3,(H,46,47,48)/b7-5+,13-11+,17-16+,21-19+/t33-,34-,37-,38?,39?,40+/m1/s1. The molecule has 1 fully saturated rings. The average Bonchev–Trinajstić information content (AvgIpc) is 3.12. The molecule has 13 heteroatoms. The van der Waals surface area contributed by atoms with Crippen molar-refractivity contribution in [2.24, 2.45) is 0 Å². The molecule has 12 nitrogen and oxygen atoms in total. The molecule has 1 saturated heterocycles. The van der Waals surface area contributed by atoms with E-state index in [4.69, 9.17) is 18.9 Å². The van der Waals surface area contributed by atoms with Gasteiger partial charge >= 0.3 is 11.9 Å². The predicted molar refractivity (Wildman–Crippen MR) is 206 cm³/mol. The molecule has 0 radical (unpaired) electrons. The topological polar surface area (TPSA) is 186 Å². The number of carbonyl (C=O) groups excluding carboxylic acids is 2. The molecule has 0 saturated carbocycles. The smallest absolute Gasteiger partial charge is 0.306 e. The van der Waals surface area contributed by atoms with E-state index in [0.29, 0.717) is 12.8 Å². The summed E-state index contributed by atoms with van der Waals surface area (Å²) in [6.45, 7) is 3.56. The lowest BCUT2D eigenvalue weighted by molar-refractivity contribution is -0.297. The molecule has 1 aliphatic heterocycles. The van der Waals surface area contributed by atoms with Crippen molar-refractivity contribution in [1.82, 2.24) is 0 Å². The van der Waals surface area contributed by atoms with E-state index in [1.54, 1.807) is 0 Å². The van der Waals surface area contributed by atoms with Crippen LogP contribution in [-0.2, 0) is 38.7 Å². The minimum Gasteiger partial charge on any atom is -0.462 e. The zero-order valence-electron chi connectivity index (χ0n) is 32.1. The summed E-state index contributed by atoms with van der Waals surface area (Å²) in [5, 5.41) is 30.7. The van der Waals surface area contributed by atoms with Crippen molar-refractivity contribution in [3.8, 4) is 0 Å². The van der Waals surface area contributed by atoms with E-state index in [1.165, 1.54) is 38.5 Å². The van der Waals surface area contributed by atoms with Crippen LogP contribution in [0.5, 0.6) is 0 Å². The Morgan fingerprint density at radius 3 is 1.77 bits per heavy atom. The van der Waals surface area contributed by atoms with Crippen LogP contribution < -0.4 is 0 Å². The number of esters is 2. The summed E-state index contributed by atoms with van der Waals surface area (Å²) in [6.07, 6.45) is 24.7.